The monoisotopic (exact) mass is 636 g/mol. The predicted molar refractivity (Wildman–Crippen MR) is 210 cm³/mol. The minimum Gasteiger partial charge on any atom is -0.456 e. The lowest BCUT2D eigenvalue weighted by atomic mass is 9.84. The summed E-state index contributed by atoms with van der Waals surface area (Å²) in [6.45, 7) is 0. The Morgan fingerprint density at radius 2 is 0.820 bits per heavy atom. The van der Waals surface area contributed by atoms with Gasteiger partial charge in [-0.3, -0.25) is 0 Å². The molecule has 0 unspecified atom stereocenters. The van der Waals surface area contributed by atoms with Crippen molar-refractivity contribution >= 4 is 76.0 Å². The van der Waals surface area contributed by atoms with Gasteiger partial charge in [0.1, 0.15) is 22.5 Å². The molecule has 0 N–H and O–H groups in total. The van der Waals surface area contributed by atoms with Crippen molar-refractivity contribution in [3.63, 3.8) is 0 Å². The molecule has 50 heavy (non-hydrogen) atoms. The van der Waals surface area contributed by atoms with Gasteiger partial charge in [-0.05, 0) is 78.0 Å². The van der Waals surface area contributed by atoms with Crippen LogP contribution in [0, 0.1) is 0 Å². The maximum atomic E-state index is 7.07. The Bertz CT molecular complexity index is 3080. The number of benzene rings is 9. The van der Waals surface area contributed by atoms with Crippen LogP contribution >= 0.6 is 0 Å². The summed E-state index contributed by atoms with van der Waals surface area (Å²) in [6, 6.07) is 60.8. The number of hydrogen-bond donors (Lipinski definition) is 0. The van der Waals surface area contributed by atoms with Gasteiger partial charge in [-0.2, -0.15) is 0 Å². The van der Waals surface area contributed by atoms with E-state index in [-0.39, 0.29) is 0 Å². The molecule has 0 fully saturated rings. The van der Waals surface area contributed by atoms with Crippen molar-refractivity contribution < 1.29 is 8.83 Å². The third-order valence-electron chi connectivity index (χ3n) is 10.4. The smallest absolute Gasteiger partial charge is 0.144 e. The Labute approximate surface area is 287 Å². The van der Waals surface area contributed by atoms with Gasteiger partial charge in [0, 0.05) is 33.4 Å². The van der Waals surface area contributed by atoms with Crippen molar-refractivity contribution in [3.8, 4) is 33.6 Å². The van der Waals surface area contributed by atoms with Crippen molar-refractivity contribution in [1.29, 1.82) is 0 Å². The van der Waals surface area contributed by atoms with Crippen LogP contribution in [0.25, 0.3) is 110 Å². The quantitative estimate of drug-likeness (QED) is 0.142. The van der Waals surface area contributed by atoms with E-state index in [1.165, 1.54) is 43.4 Å². The molecule has 2 nitrogen and oxygen atoms in total. The number of furan rings is 2. The van der Waals surface area contributed by atoms with Crippen LogP contribution in [-0.2, 0) is 0 Å². The second kappa shape index (κ2) is 10.4. The Morgan fingerprint density at radius 1 is 0.280 bits per heavy atom. The first-order valence-corrected chi connectivity index (χ1v) is 17.1. The third-order valence-corrected chi connectivity index (χ3v) is 10.4. The highest BCUT2D eigenvalue weighted by Gasteiger charge is 2.25. The minimum absolute atomic E-state index is 0.808. The van der Waals surface area contributed by atoms with Gasteiger partial charge in [-0.1, -0.05) is 146 Å². The normalized spacial score (nSPS) is 12.0. The lowest BCUT2D eigenvalue weighted by molar-refractivity contribution is 0.630. The molecule has 0 radical (unpaired) electrons. The molecule has 0 saturated carbocycles. The maximum Gasteiger partial charge on any atom is 0.144 e. The molecule has 0 amide bonds. The van der Waals surface area contributed by atoms with Crippen LogP contribution in [0.15, 0.2) is 179 Å². The minimum atomic E-state index is 0.808. The zero-order valence-corrected chi connectivity index (χ0v) is 27.0. The summed E-state index contributed by atoms with van der Waals surface area (Å²) in [6.07, 6.45) is 0. The SMILES string of the molecule is c1ccc(-c2c(-c3c4ccccc4c(-c4cc5ccccc5c5ccccc45)c4ccccc34)oc3cc4oc5ccccc5c4cc23)cc1. The van der Waals surface area contributed by atoms with Crippen LogP contribution in [0.3, 0.4) is 0 Å². The average Bonchev–Trinajstić information content (AvgIpc) is 3.73. The Morgan fingerprint density at radius 3 is 1.54 bits per heavy atom. The molecule has 2 heteroatoms. The van der Waals surface area contributed by atoms with Crippen molar-refractivity contribution in [2.45, 2.75) is 0 Å². The van der Waals surface area contributed by atoms with Crippen molar-refractivity contribution in [2.24, 2.45) is 0 Å². The number of hydrogen-bond acceptors (Lipinski definition) is 2. The van der Waals surface area contributed by atoms with Crippen LogP contribution in [0.1, 0.15) is 0 Å². The summed E-state index contributed by atoms with van der Waals surface area (Å²) in [7, 11) is 0. The molecule has 232 valence electrons. The first kappa shape index (κ1) is 27.3. The van der Waals surface area contributed by atoms with Crippen molar-refractivity contribution in [2.75, 3.05) is 0 Å². The van der Waals surface area contributed by atoms with Gasteiger partial charge in [-0.15, -0.1) is 0 Å². The summed E-state index contributed by atoms with van der Waals surface area (Å²) in [5.74, 6) is 0.866. The van der Waals surface area contributed by atoms with Gasteiger partial charge in [0.2, 0.25) is 0 Å². The molecule has 2 heterocycles. The van der Waals surface area contributed by atoms with Gasteiger partial charge in [0.05, 0.1) is 0 Å². The van der Waals surface area contributed by atoms with Gasteiger partial charge in [-0.25, -0.2) is 0 Å². The van der Waals surface area contributed by atoms with Crippen LogP contribution in [0.5, 0.6) is 0 Å². The van der Waals surface area contributed by atoms with Crippen LogP contribution in [-0.4, -0.2) is 0 Å². The summed E-state index contributed by atoms with van der Waals surface area (Å²) < 4.78 is 13.4. The highest BCUT2D eigenvalue weighted by Crippen LogP contribution is 2.51. The summed E-state index contributed by atoms with van der Waals surface area (Å²) in [5, 5.41) is 13.0. The summed E-state index contributed by atoms with van der Waals surface area (Å²) >= 11 is 0. The van der Waals surface area contributed by atoms with Crippen molar-refractivity contribution in [3.05, 3.63) is 170 Å². The topological polar surface area (TPSA) is 26.3 Å². The van der Waals surface area contributed by atoms with E-state index in [4.69, 9.17) is 8.83 Å². The molecular weight excluding hydrogens is 609 g/mol. The fourth-order valence-electron chi connectivity index (χ4n) is 8.31. The van der Waals surface area contributed by atoms with E-state index in [1.54, 1.807) is 0 Å². The molecule has 0 atom stereocenters. The summed E-state index contributed by atoms with van der Waals surface area (Å²) in [4.78, 5) is 0. The van der Waals surface area contributed by atoms with Crippen LogP contribution < -0.4 is 0 Å². The molecule has 0 aliphatic heterocycles. The van der Waals surface area contributed by atoms with E-state index >= 15 is 0 Å². The highest BCUT2D eigenvalue weighted by molar-refractivity contribution is 6.27. The van der Waals surface area contributed by atoms with Crippen LogP contribution in [0.2, 0.25) is 0 Å². The van der Waals surface area contributed by atoms with E-state index in [9.17, 15) is 0 Å². The number of rotatable bonds is 3. The number of para-hydroxylation sites is 1. The Kier molecular flexibility index (Phi) is 5.70. The summed E-state index contributed by atoms with van der Waals surface area (Å²) in [5.41, 5.74) is 8.29. The molecule has 0 aliphatic carbocycles. The van der Waals surface area contributed by atoms with E-state index in [0.717, 1.165) is 66.1 Å². The molecule has 2 aromatic heterocycles. The number of fused-ring (bicyclic) bond motifs is 9. The fourth-order valence-corrected chi connectivity index (χ4v) is 8.31. The molecular formula is C48H28O2. The fraction of sp³-hybridized carbons (Fsp3) is 0. The third kappa shape index (κ3) is 3.85. The van der Waals surface area contributed by atoms with E-state index in [1.807, 2.05) is 12.1 Å². The maximum absolute atomic E-state index is 7.07. The zero-order valence-electron chi connectivity index (χ0n) is 27.0. The Hall–Kier alpha value is -6.64. The molecule has 0 saturated heterocycles. The van der Waals surface area contributed by atoms with E-state index in [0.29, 0.717) is 0 Å². The molecule has 0 aliphatic rings. The second-order valence-electron chi connectivity index (χ2n) is 13.1. The van der Waals surface area contributed by atoms with Gasteiger partial charge in [0.25, 0.3) is 0 Å². The lowest BCUT2D eigenvalue weighted by Gasteiger charge is -2.19. The van der Waals surface area contributed by atoms with E-state index in [2.05, 4.69) is 158 Å². The van der Waals surface area contributed by atoms with Crippen LogP contribution in [0.4, 0.5) is 0 Å². The average molecular weight is 637 g/mol. The Balaban J connectivity index is 1.30. The standard InChI is InChI=1S/C48H28O2/c1-2-14-29(15-3-1)45-41-27-39-34-20-12-13-25-42(34)49-43(39)28-44(41)50-48(45)47-37-23-10-8-21-35(37)46(36-22-9-11-24-38(36)47)40-26-30-16-4-5-17-31(30)32-18-6-7-19-33(32)40/h1-28H. The van der Waals surface area contributed by atoms with E-state index < -0.39 is 0 Å². The largest absolute Gasteiger partial charge is 0.456 e. The van der Waals surface area contributed by atoms with Gasteiger partial charge < -0.3 is 8.83 Å². The van der Waals surface area contributed by atoms with Crippen molar-refractivity contribution in [1.82, 2.24) is 0 Å². The molecule has 0 bridgehead atoms. The first-order chi connectivity index (χ1) is 24.8. The van der Waals surface area contributed by atoms with Gasteiger partial charge in [0.15, 0.2) is 0 Å². The molecule has 11 aromatic rings. The zero-order chi connectivity index (χ0) is 32.8. The van der Waals surface area contributed by atoms with Gasteiger partial charge >= 0.3 is 0 Å². The molecule has 9 aromatic carbocycles. The highest BCUT2D eigenvalue weighted by atomic mass is 16.3. The lowest BCUT2D eigenvalue weighted by Crippen LogP contribution is -1.92. The first-order valence-electron chi connectivity index (χ1n) is 17.1. The molecule has 11 rings (SSSR count). The second-order valence-corrected chi connectivity index (χ2v) is 13.1. The molecule has 0 spiro atoms. The predicted octanol–water partition coefficient (Wildman–Crippen LogP) is 13.9.